The molecule has 6 N–H and O–H groups in total. The number of nitrogens with two attached hydrogens (primary N) is 2. The van der Waals surface area contributed by atoms with Crippen molar-refractivity contribution in [1.82, 2.24) is 10.7 Å². The molecule has 1 aliphatic rings. The summed E-state index contributed by atoms with van der Waals surface area (Å²) in [5.41, 5.74) is 7.77. The Kier molecular flexibility index (Phi) is 6.32. The summed E-state index contributed by atoms with van der Waals surface area (Å²) in [7, 11) is 3.08. The first-order valence-corrected chi connectivity index (χ1v) is 7.37. The lowest BCUT2D eigenvalue weighted by molar-refractivity contribution is -0.121. The van der Waals surface area contributed by atoms with Crippen molar-refractivity contribution in [3.63, 3.8) is 0 Å². The van der Waals surface area contributed by atoms with Crippen LogP contribution < -0.4 is 22.3 Å². The van der Waals surface area contributed by atoms with Crippen molar-refractivity contribution in [1.29, 1.82) is 0 Å². The number of hydrazine groups is 1. The number of carbonyl (C=O) groups excluding carboxylic acids is 2. The van der Waals surface area contributed by atoms with Crippen LogP contribution in [0.5, 0.6) is 0 Å². The second-order valence-corrected chi connectivity index (χ2v) is 5.91. The molecule has 0 aromatic heterocycles. The molecule has 0 saturated carbocycles. The largest absolute Gasteiger partial charge is 0.324 e. The van der Waals surface area contributed by atoms with Crippen LogP contribution in [0.2, 0.25) is 0 Å². The fourth-order valence-electron chi connectivity index (χ4n) is 1.22. The Hall–Kier alpha value is -0.120. The minimum atomic E-state index is -0.364. The van der Waals surface area contributed by atoms with Gasteiger partial charge in [-0.25, -0.2) is 5.43 Å². The molecule has 0 amide bonds. The van der Waals surface area contributed by atoms with E-state index in [1.807, 2.05) is 0 Å². The van der Waals surface area contributed by atoms with Crippen LogP contribution in [-0.4, -0.2) is 48.2 Å². The Morgan fingerprint density at radius 2 is 2.19 bits per heavy atom. The van der Waals surface area contributed by atoms with Gasteiger partial charge in [-0.3, -0.25) is 20.7 Å². The van der Waals surface area contributed by atoms with Gasteiger partial charge in [-0.2, -0.15) is 0 Å². The molecule has 0 aliphatic carbocycles. The van der Waals surface area contributed by atoms with Crippen LogP contribution in [0, 0.1) is 0 Å². The highest BCUT2D eigenvalue weighted by Gasteiger charge is 2.23. The Labute approximate surface area is 102 Å². The van der Waals surface area contributed by atoms with Gasteiger partial charge in [0.15, 0.2) is 11.6 Å². The van der Waals surface area contributed by atoms with Crippen LogP contribution in [0.1, 0.15) is 0 Å². The number of nitrogens with one attached hydrogen (secondary N) is 2. The Morgan fingerprint density at radius 3 is 2.81 bits per heavy atom. The van der Waals surface area contributed by atoms with Crippen LogP contribution in [0.15, 0.2) is 0 Å². The van der Waals surface area contributed by atoms with Crippen molar-refractivity contribution in [3.05, 3.63) is 0 Å². The lowest BCUT2D eigenvalue weighted by atomic mass is 10.2. The first kappa shape index (κ1) is 13.9. The van der Waals surface area contributed by atoms with Crippen LogP contribution in [0.3, 0.4) is 0 Å². The van der Waals surface area contributed by atoms with Crippen LogP contribution in [0.25, 0.3) is 0 Å². The van der Waals surface area contributed by atoms with Gasteiger partial charge in [-0.15, -0.1) is 0 Å². The van der Waals surface area contributed by atoms with Gasteiger partial charge < -0.3 is 5.73 Å². The minimum Gasteiger partial charge on any atom is -0.324 e. The highest BCUT2D eigenvalue weighted by molar-refractivity contribution is 8.76. The standard InChI is InChI=1S/C8H16N4O2S2/c9-1-7(13)5-3-15-16-4-6(12-10)8(14)2-11-5/h5-6,11-12H,1-4,9-10H2/t5-,6-/m0/s1. The number of hydrogen-bond acceptors (Lipinski definition) is 8. The second kappa shape index (κ2) is 7.25. The summed E-state index contributed by atoms with van der Waals surface area (Å²) in [6.45, 7) is 0.141. The smallest absolute Gasteiger partial charge is 0.165 e. The van der Waals surface area contributed by atoms with E-state index in [-0.39, 0.29) is 36.7 Å². The lowest BCUT2D eigenvalue weighted by Crippen LogP contribution is -2.49. The van der Waals surface area contributed by atoms with Crippen LogP contribution in [-0.2, 0) is 9.59 Å². The highest BCUT2D eigenvalue weighted by atomic mass is 33.1. The predicted octanol–water partition coefficient (Wildman–Crippen LogP) is -1.73. The third kappa shape index (κ3) is 4.04. The van der Waals surface area contributed by atoms with E-state index in [1.165, 1.54) is 10.8 Å². The molecule has 0 bridgehead atoms. The summed E-state index contributed by atoms with van der Waals surface area (Å²) in [6.07, 6.45) is 0. The molecule has 0 aromatic carbocycles. The summed E-state index contributed by atoms with van der Waals surface area (Å²) in [4.78, 5) is 23.1. The van der Waals surface area contributed by atoms with Crippen LogP contribution >= 0.6 is 21.6 Å². The van der Waals surface area contributed by atoms with Gasteiger partial charge in [0.05, 0.1) is 25.2 Å². The summed E-state index contributed by atoms with van der Waals surface area (Å²) in [5, 5.41) is 2.92. The van der Waals surface area contributed by atoms with Gasteiger partial charge in [0.1, 0.15) is 0 Å². The molecule has 1 saturated heterocycles. The fraction of sp³-hybridized carbons (Fsp3) is 0.750. The van der Waals surface area contributed by atoms with Gasteiger partial charge >= 0.3 is 0 Å². The van der Waals surface area contributed by atoms with E-state index in [2.05, 4.69) is 10.7 Å². The maximum Gasteiger partial charge on any atom is 0.165 e. The molecule has 0 unspecified atom stereocenters. The molecule has 0 aromatic rings. The second-order valence-electron chi connectivity index (χ2n) is 3.36. The molecule has 1 aliphatic heterocycles. The molecule has 8 heteroatoms. The zero-order valence-electron chi connectivity index (χ0n) is 8.77. The molecule has 6 nitrogen and oxygen atoms in total. The molecule has 1 heterocycles. The zero-order valence-corrected chi connectivity index (χ0v) is 10.4. The highest BCUT2D eigenvalue weighted by Crippen LogP contribution is 2.24. The summed E-state index contributed by atoms with van der Waals surface area (Å²) >= 11 is 0. The van der Waals surface area contributed by atoms with E-state index in [1.54, 1.807) is 10.8 Å². The zero-order chi connectivity index (χ0) is 12.0. The number of ketones is 2. The molecular weight excluding hydrogens is 248 g/mol. The summed E-state index contributed by atoms with van der Waals surface area (Å²) < 4.78 is 0. The third-order valence-corrected chi connectivity index (χ3v) is 4.68. The topological polar surface area (TPSA) is 110 Å². The van der Waals surface area contributed by atoms with Crippen molar-refractivity contribution in [3.8, 4) is 0 Å². The quantitative estimate of drug-likeness (QED) is 0.270. The Balaban J connectivity index is 2.57. The molecular formula is C8H16N4O2S2. The molecule has 0 spiro atoms. The number of carbonyl (C=O) groups is 2. The van der Waals surface area contributed by atoms with E-state index >= 15 is 0 Å². The normalized spacial score (nSPS) is 28.0. The molecule has 92 valence electrons. The molecule has 2 atom stereocenters. The SMILES string of the molecule is NCC(=O)[C@@H]1CSSC[C@H](NN)C(=O)CN1. The number of hydrogen-bond donors (Lipinski definition) is 4. The van der Waals surface area contributed by atoms with E-state index in [4.69, 9.17) is 11.6 Å². The lowest BCUT2D eigenvalue weighted by Gasteiger charge is -2.15. The first-order chi connectivity index (χ1) is 7.69. The third-order valence-electron chi connectivity index (χ3n) is 2.26. The Bertz CT molecular complexity index is 264. The van der Waals surface area contributed by atoms with Crippen molar-refractivity contribution >= 4 is 33.2 Å². The number of Topliss-reactive ketones (excluding diaryl/α,β-unsaturated/α-hetero) is 2. The van der Waals surface area contributed by atoms with Crippen molar-refractivity contribution < 1.29 is 9.59 Å². The monoisotopic (exact) mass is 264 g/mol. The maximum absolute atomic E-state index is 11.6. The first-order valence-electron chi connectivity index (χ1n) is 4.88. The molecule has 0 radical (unpaired) electrons. The minimum absolute atomic E-state index is 0.00431. The van der Waals surface area contributed by atoms with Gasteiger partial charge in [-0.05, 0) is 0 Å². The van der Waals surface area contributed by atoms with Crippen molar-refractivity contribution in [2.75, 3.05) is 24.6 Å². The van der Waals surface area contributed by atoms with Crippen molar-refractivity contribution in [2.45, 2.75) is 12.1 Å². The molecule has 16 heavy (non-hydrogen) atoms. The van der Waals surface area contributed by atoms with Gasteiger partial charge in [0.2, 0.25) is 0 Å². The number of rotatable bonds is 3. The Morgan fingerprint density at radius 1 is 1.50 bits per heavy atom. The summed E-state index contributed by atoms with van der Waals surface area (Å²) in [5.74, 6) is 6.39. The van der Waals surface area contributed by atoms with Gasteiger partial charge in [0, 0.05) is 11.5 Å². The maximum atomic E-state index is 11.6. The predicted molar refractivity (Wildman–Crippen MR) is 66.9 cm³/mol. The summed E-state index contributed by atoms with van der Waals surface area (Å²) in [6, 6.07) is -0.709. The molecule has 1 rings (SSSR count). The van der Waals surface area contributed by atoms with Gasteiger partial charge in [0.25, 0.3) is 0 Å². The van der Waals surface area contributed by atoms with Crippen LogP contribution in [0.4, 0.5) is 0 Å². The molecule has 1 fully saturated rings. The fourth-order valence-corrected chi connectivity index (χ4v) is 3.67. The average molecular weight is 264 g/mol. The van der Waals surface area contributed by atoms with E-state index in [9.17, 15) is 9.59 Å². The average Bonchev–Trinajstić information content (AvgIpc) is 2.39. The van der Waals surface area contributed by atoms with E-state index in [0.717, 1.165) is 0 Å². The van der Waals surface area contributed by atoms with E-state index < -0.39 is 0 Å². The van der Waals surface area contributed by atoms with Crippen molar-refractivity contribution in [2.24, 2.45) is 11.6 Å². The van der Waals surface area contributed by atoms with E-state index in [0.29, 0.717) is 11.5 Å². The van der Waals surface area contributed by atoms with Gasteiger partial charge in [-0.1, -0.05) is 21.6 Å².